The number of hydrogen-bond acceptors (Lipinski definition) is 7. The minimum Gasteiger partial charge on any atom is -0.756 e. The molecule has 10 heteroatoms. The van der Waals surface area contributed by atoms with Crippen molar-refractivity contribution in [2.45, 2.75) is 360 Å². The highest BCUT2D eigenvalue weighted by Gasteiger charge is 2.27. The van der Waals surface area contributed by atoms with Gasteiger partial charge in [0.25, 0.3) is 7.82 Å². The number of hydrogen-bond donors (Lipinski definition) is 1. The summed E-state index contributed by atoms with van der Waals surface area (Å²) in [5.74, 6) is -0.531. The van der Waals surface area contributed by atoms with Gasteiger partial charge in [0.2, 0.25) is 5.91 Å². The number of carbonyl (C=O) groups excluding carboxylic acids is 2. The van der Waals surface area contributed by atoms with Crippen LogP contribution in [0, 0.1) is 0 Å². The molecule has 0 rings (SSSR count). The summed E-state index contributed by atoms with van der Waals surface area (Å²) >= 11 is 0. The fourth-order valence-corrected chi connectivity index (χ4v) is 11.2. The highest BCUT2D eigenvalue weighted by atomic mass is 31.2. The number of carbonyl (C=O) groups is 2. The second-order valence-electron chi connectivity index (χ2n) is 25.4. The number of nitrogens with zero attached hydrogens (tertiary/aromatic N) is 1. The highest BCUT2D eigenvalue weighted by molar-refractivity contribution is 7.45. The average molecular weight is 1170 g/mol. The summed E-state index contributed by atoms with van der Waals surface area (Å²) in [5, 5.41) is 3.05. The minimum atomic E-state index is -4.70. The molecule has 0 radical (unpaired) electrons. The van der Waals surface area contributed by atoms with Crippen LogP contribution >= 0.6 is 7.82 Å². The van der Waals surface area contributed by atoms with Gasteiger partial charge in [-0.1, -0.05) is 294 Å². The van der Waals surface area contributed by atoms with Gasteiger partial charge in [-0.25, -0.2) is 0 Å². The van der Waals surface area contributed by atoms with E-state index in [1.165, 1.54) is 238 Å². The van der Waals surface area contributed by atoms with E-state index in [4.69, 9.17) is 13.8 Å². The van der Waals surface area contributed by atoms with Crippen LogP contribution in [0.15, 0.2) is 48.6 Å². The average Bonchev–Trinajstić information content (AvgIpc) is 3.47. The van der Waals surface area contributed by atoms with Gasteiger partial charge in [0, 0.05) is 12.8 Å². The van der Waals surface area contributed by atoms with Crippen molar-refractivity contribution in [3.8, 4) is 0 Å². The summed E-state index contributed by atoms with van der Waals surface area (Å²) in [5.41, 5.74) is 0. The van der Waals surface area contributed by atoms with Crippen molar-refractivity contribution in [2.24, 2.45) is 0 Å². The lowest BCUT2D eigenvalue weighted by atomic mass is 10.0. The lowest BCUT2D eigenvalue weighted by Crippen LogP contribution is -2.47. The Morgan fingerprint density at radius 2 is 0.744 bits per heavy atom. The molecule has 82 heavy (non-hydrogen) atoms. The third-order valence-electron chi connectivity index (χ3n) is 16.0. The first kappa shape index (κ1) is 80.0. The molecule has 0 saturated heterocycles. The molecule has 0 aliphatic rings. The Labute approximate surface area is 509 Å². The molecule has 1 N–H and O–H groups in total. The number of likely N-dealkylation sites (N-methyl/N-ethyl adjacent to an activating group) is 1. The Bertz CT molecular complexity index is 1540. The number of phosphoric ester groups is 1. The molecule has 0 aliphatic carbocycles. The van der Waals surface area contributed by atoms with Crippen LogP contribution in [0.25, 0.3) is 0 Å². The SMILES string of the molecule is CCCCC/C=C\C/C=C\CCCCCCCCCCCCCCCCCCCC(=O)NC(COP(=O)([O-])OCC[N+](C)(C)C)C(/C=C\CCCCCCCCCCCC)OC(=O)CCCCCCCCC/C=C/CCCCCCCC. The van der Waals surface area contributed by atoms with Crippen LogP contribution in [-0.2, 0) is 27.9 Å². The van der Waals surface area contributed by atoms with E-state index < -0.39 is 20.0 Å². The smallest absolute Gasteiger partial charge is 0.306 e. The van der Waals surface area contributed by atoms with E-state index in [2.05, 4.69) is 62.5 Å². The maximum absolute atomic E-state index is 13.6. The molecule has 0 aromatic heterocycles. The number of esters is 1. The van der Waals surface area contributed by atoms with E-state index in [-0.39, 0.29) is 31.5 Å². The molecular weight excluding hydrogens is 1040 g/mol. The molecule has 0 saturated carbocycles. The molecule has 0 fully saturated rings. The summed E-state index contributed by atoms with van der Waals surface area (Å²) < 4.78 is 30.4. The molecule has 0 aromatic rings. The van der Waals surface area contributed by atoms with Crippen molar-refractivity contribution in [1.29, 1.82) is 0 Å². The van der Waals surface area contributed by atoms with E-state index in [0.29, 0.717) is 17.4 Å². The van der Waals surface area contributed by atoms with Crippen molar-refractivity contribution >= 4 is 19.7 Å². The van der Waals surface area contributed by atoms with Crippen LogP contribution in [-0.4, -0.2) is 69.4 Å². The second kappa shape index (κ2) is 62.0. The molecule has 0 heterocycles. The summed E-state index contributed by atoms with van der Waals surface area (Å²) in [6, 6.07) is -0.888. The maximum Gasteiger partial charge on any atom is 0.306 e. The number of ether oxygens (including phenoxy) is 1. The Hall–Kier alpha value is -2.03. The molecule has 3 atom stereocenters. The molecule has 1 amide bonds. The van der Waals surface area contributed by atoms with Gasteiger partial charge in [0.15, 0.2) is 0 Å². The highest BCUT2D eigenvalue weighted by Crippen LogP contribution is 2.38. The topological polar surface area (TPSA) is 114 Å². The van der Waals surface area contributed by atoms with Gasteiger partial charge in [-0.3, -0.25) is 14.2 Å². The number of amides is 1. The zero-order chi connectivity index (χ0) is 60.0. The summed E-state index contributed by atoms with van der Waals surface area (Å²) in [4.78, 5) is 40.1. The number of unbranched alkanes of at least 4 members (excludes halogenated alkanes) is 43. The fourth-order valence-electron chi connectivity index (χ4n) is 10.5. The van der Waals surface area contributed by atoms with Crippen LogP contribution in [0.5, 0.6) is 0 Å². The number of quaternary nitrogens is 1. The van der Waals surface area contributed by atoms with Gasteiger partial charge in [0.05, 0.1) is 33.8 Å². The van der Waals surface area contributed by atoms with Gasteiger partial charge >= 0.3 is 5.97 Å². The quantitative estimate of drug-likeness (QED) is 0.0212. The molecule has 9 nitrogen and oxygen atoms in total. The van der Waals surface area contributed by atoms with Crippen molar-refractivity contribution in [3.63, 3.8) is 0 Å². The number of phosphoric acid groups is 1. The maximum atomic E-state index is 13.6. The van der Waals surface area contributed by atoms with Crippen LogP contribution < -0.4 is 10.2 Å². The molecule has 3 unspecified atom stereocenters. The molecule has 0 spiro atoms. The summed E-state index contributed by atoms with van der Waals surface area (Å²) in [6.45, 7) is 6.86. The van der Waals surface area contributed by atoms with Crippen LogP contribution in [0.1, 0.15) is 348 Å². The van der Waals surface area contributed by atoms with E-state index in [0.717, 1.165) is 77.0 Å². The predicted molar refractivity (Wildman–Crippen MR) is 353 cm³/mol. The normalized spacial score (nSPS) is 13.8. The third-order valence-corrected chi connectivity index (χ3v) is 16.9. The van der Waals surface area contributed by atoms with Gasteiger partial charge in [-0.2, -0.15) is 0 Å². The molecule has 0 bridgehead atoms. The van der Waals surface area contributed by atoms with Crippen molar-refractivity contribution in [1.82, 2.24) is 5.32 Å². The lowest BCUT2D eigenvalue weighted by Gasteiger charge is -2.30. The van der Waals surface area contributed by atoms with Gasteiger partial charge in [-0.15, -0.1) is 0 Å². The Morgan fingerprint density at radius 1 is 0.427 bits per heavy atom. The van der Waals surface area contributed by atoms with Gasteiger partial charge < -0.3 is 28.5 Å². The van der Waals surface area contributed by atoms with Crippen LogP contribution in [0.3, 0.4) is 0 Å². The standard InChI is InChI=1S/C72H137N2O7P/c1-7-10-13-16-19-22-25-28-30-32-33-34-35-36-37-38-39-40-41-43-44-46-49-52-55-58-61-64-71(75)73-69(68-80-82(77,78)79-67-66-74(4,5)6)70(63-60-57-54-51-48-27-24-21-18-15-12-9-3)81-72(76)65-62-59-56-53-50-47-45-42-31-29-26-23-20-17-14-11-8-2/h19,22,28-31,60,63,69-70H,7-18,20-21,23-27,32-59,61-62,64-68H2,1-6H3,(H-,73,75,77,78)/b22-19-,30-28-,31-29+,63-60-. The van der Waals surface area contributed by atoms with Gasteiger partial charge in [-0.05, 0) is 89.5 Å². The van der Waals surface area contributed by atoms with Crippen LogP contribution in [0.2, 0.25) is 0 Å². The summed E-state index contributed by atoms with van der Waals surface area (Å²) in [6.07, 6.45) is 78.1. The molecule has 482 valence electrons. The minimum absolute atomic E-state index is 0.0213. The first-order chi connectivity index (χ1) is 39.9. The van der Waals surface area contributed by atoms with Crippen molar-refractivity contribution in [3.05, 3.63) is 48.6 Å². The van der Waals surface area contributed by atoms with E-state index in [1.807, 2.05) is 33.3 Å². The molecule has 0 aliphatic heterocycles. The first-order valence-corrected chi connectivity index (χ1v) is 36.9. The molecule has 0 aromatic carbocycles. The zero-order valence-corrected chi connectivity index (χ0v) is 56.1. The van der Waals surface area contributed by atoms with Crippen molar-refractivity contribution in [2.75, 3.05) is 40.9 Å². The molecular formula is C72H137N2O7P. The number of nitrogens with one attached hydrogen (secondary N) is 1. The summed E-state index contributed by atoms with van der Waals surface area (Å²) in [7, 11) is 1.20. The zero-order valence-electron chi connectivity index (χ0n) is 55.2. The second-order valence-corrected chi connectivity index (χ2v) is 26.8. The third kappa shape index (κ3) is 62.5. The monoisotopic (exact) mass is 1170 g/mol. The Balaban J connectivity index is 4.99. The first-order valence-electron chi connectivity index (χ1n) is 35.4. The predicted octanol–water partition coefficient (Wildman–Crippen LogP) is 21.8. The number of allylic oxidation sites excluding steroid dienone is 7. The number of rotatable bonds is 65. The van der Waals surface area contributed by atoms with E-state index >= 15 is 0 Å². The largest absolute Gasteiger partial charge is 0.756 e. The van der Waals surface area contributed by atoms with Crippen molar-refractivity contribution < 1.29 is 37.3 Å². The Morgan fingerprint density at radius 3 is 1.13 bits per heavy atom. The van der Waals surface area contributed by atoms with Crippen LogP contribution in [0.4, 0.5) is 0 Å². The van der Waals surface area contributed by atoms with Gasteiger partial charge in [0.1, 0.15) is 19.3 Å². The Kier molecular flexibility index (Phi) is 60.5. The lowest BCUT2D eigenvalue weighted by molar-refractivity contribution is -0.870. The van der Waals surface area contributed by atoms with E-state index in [1.54, 1.807) is 0 Å². The fraction of sp³-hybridized carbons (Fsp3) is 0.861. The van der Waals surface area contributed by atoms with E-state index in [9.17, 15) is 19.0 Å².